The summed E-state index contributed by atoms with van der Waals surface area (Å²) in [6.07, 6.45) is -36.9. The molecule has 22 nitrogen and oxygen atoms in total. The number of carboxylic acid groups (broad SMARTS) is 1. The average molecular weight is 683 g/mol. The quantitative estimate of drug-likeness (QED) is 0.0808. The second kappa shape index (κ2) is 16.9. The van der Waals surface area contributed by atoms with E-state index in [2.05, 4.69) is 0 Å². The van der Waals surface area contributed by atoms with Crippen molar-refractivity contribution in [1.29, 1.82) is 0 Å². The van der Waals surface area contributed by atoms with Gasteiger partial charge in [0.1, 0.15) is 91.6 Å². The summed E-state index contributed by atoms with van der Waals surface area (Å²) in [6, 6.07) is 0. The van der Waals surface area contributed by atoms with Crippen LogP contribution >= 0.6 is 0 Å². The lowest BCUT2D eigenvalue weighted by molar-refractivity contribution is -0.383. The normalized spacial score (nSPS) is 44.7. The van der Waals surface area contributed by atoms with Crippen molar-refractivity contribution in [2.75, 3.05) is 26.4 Å². The number of carboxylic acids is 1. The van der Waals surface area contributed by atoms with Gasteiger partial charge in [-0.3, -0.25) is 0 Å². The van der Waals surface area contributed by atoms with Crippen LogP contribution in [-0.4, -0.2) is 226 Å². The first-order chi connectivity index (χ1) is 21.6. The third-order valence-corrected chi connectivity index (χ3v) is 7.84. The molecule has 19 atom stereocenters. The number of aliphatic carboxylic acids is 1. The Morgan fingerprint density at radius 3 is 1.43 bits per heavy atom. The Hall–Kier alpha value is -1.33. The third-order valence-electron chi connectivity index (χ3n) is 7.84. The molecule has 15 N–H and O–H groups in total. The zero-order chi connectivity index (χ0) is 34.6. The molecule has 3 rings (SSSR count). The Labute approximate surface area is 259 Å². The Balaban J connectivity index is 1.73. The highest BCUT2D eigenvalue weighted by Crippen LogP contribution is 2.33. The number of hydrogen-bond acceptors (Lipinski definition) is 21. The number of rotatable bonds is 14. The topological polar surface area (TPSA) is 376 Å². The molecule has 0 bridgehead atoms. The number of hydrogen-bond donors (Lipinski definition) is 15. The van der Waals surface area contributed by atoms with Crippen LogP contribution in [-0.2, 0) is 33.2 Å². The van der Waals surface area contributed by atoms with E-state index in [0.717, 1.165) is 0 Å². The molecule has 46 heavy (non-hydrogen) atoms. The summed E-state index contributed by atoms with van der Waals surface area (Å²) in [5, 5.41) is 150. The molecule has 3 aliphatic rings. The molecule has 3 aliphatic heterocycles. The molecule has 270 valence electrons. The van der Waals surface area contributed by atoms with Gasteiger partial charge in [-0.05, 0) is 0 Å². The fraction of sp³-hybridized carbons (Fsp3) is 0.958. The number of aliphatic hydroxyl groups excluding tert-OH is 14. The van der Waals surface area contributed by atoms with Gasteiger partial charge in [-0.15, -0.1) is 0 Å². The number of carbonyl (C=O) groups is 1. The van der Waals surface area contributed by atoms with Crippen molar-refractivity contribution >= 4 is 5.97 Å². The minimum absolute atomic E-state index is 0.806. The largest absolute Gasteiger partial charge is 0.479 e. The van der Waals surface area contributed by atoms with Crippen molar-refractivity contribution < 1.29 is 110 Å². The standard InChI is InChI=1S/C24H42O22/c25-1-5(29)18(11(32)14(35)21(39)40)44-23-16(37)12(33)20(7(3-27)42-23)46-24-17(38)13(34)19(8(4-28)43-24)45-22-15(36)10(31)9(30)6(2-26)41-22/h5-20,22-38H,1-4H2,(H,39,40)/t5-,6-,7-,8-,9-,10+,11-,12-,13-,14-,15-,16-,17-,18-,19-,20-,22-,23-,24-/m1/s1. The molecule has 0 aliphatic carbocycles. The molecule has 3 fully saturated rings. The fourth-order valence-electron chi connectivity index (χ4n) is 5.14. The van der Waals surface area contributed by atoms with Gasteiger partial charge in [0.2, 0.25) is 0 Å². The first-order valence-electron chi connectivity index (χ1n) is 14.0. The van der Waals surface area contributed by atoms with Crippen LogP contribution in [0.2, 0.25) is 0 Å². The number of aliphatic hydroxyl groups is 14. The molecular weight excluding hydrogens is 640 g/mol. The van der Waals surface area contributed by atoms with Crippen LogP contribution in [0.1, 0.15) is 0 Å². The van der Waals surface area contributed by atoms with Gasteiger partial charge in [-0.2, -0.15) is 0 Å². The van der Waals surface area contributed by atoms with Gasteiger partial charge in [0.15, 0.2) is 25.0 Å². The van der Waals surface area contributed by atoms with Gasteiger partial charge in [-0.1, -0.05) is 0 Å². The molecule has 0 radical (unpaired) electrons. The lowest BCUT2D eigenvalue weighted by atomic mass is 9.96. The van der Waals surface area contributed by atoms with Gasteiger partial charge in [0.05, 0.1) is 26.4 Å². The maximum Gasteiger partial charge on any atom is 0.335 e. The van der Waals surface area contributed by atoms with Crippen LogP contribution in [0, 0.1) is 0 Å². The summed E-state index contributed by atoms with van der Waals surface area (Å²) >= 11 is 0. The van der Waals surface area contributed by atoms with E-state index in [4.69, 9.17) is 33.5 Å². The molecule has 0 aromatic carbocycles. The van der Waals surface area contributed by atoms with Gasteiger partial charge in [0.25, 0.3) is 0 Å². The van der Waals surface area contributed by atoms with Gasteiger partial charge in [0, 0.05) is 0 Å². The molecule has 0 aromatic heterocycles. The SMILES string of the molecule is O=C(O)[C@H](O)[C@@H](O)[C@H](O[C@H]1O[C@H](CO)[C@@H](O[C@H]2O[C@H](CO)[C@@H](O[C@H]3O[C@H](CO)[C@@H](O)[C@H](O)[C@H]3O)[C@H](O)[C@H]2O)[C@H](O)[C@H]1O)[C@H](O)CO. The van der Waals surface area contributed by atoms with Gasteiger partial charge < -0.3 is 105 Å². The highest BCUT2D eigenvalue weighted by atomic mass is 16.8. The highest BCUT2D eigenvalue weighted by Gasteiger charge is 2.54. The Bertz CT molecular complexity index is 940. The zero-order valence-electron chi connectivity index (χ0n) is 23.9. The maximum atomic E-state index is 11.1. The lowest BCUT2D eigenvalue weighted by Gasteiger charge is -2.48. The number of ether oxygens (including phenoxy) is 6. The zero-order valence-corrected chi connectivity index (χ0v) is 23.9. The smallest absolute Gasteiger partial charge is 0.335 e. The minimum Gasteiger partial charge on any atom is -0.479 e. The van der Waals surface area contributed by atoms with Crippen molar-refractivity contribution in [3.63, 3.8) is 0 Å². The van der Waals surface area contributed by atoms with Crippen molar-refractivity contribution in [3.05, 3.63) is 0 Å². The molecule has 0 saturated carbocycles. The third kappa shape index (κ3) is 8.27. The van der Waals surface area contributed by atoms with Crippen LogP contribution < -0.4 is 0 Å². The lowest BCUT2D eigenvalue weighted by Crippen LogP contribution is -2.67. The van der Waals surface area contributed by atoms with Crippen LogP contribution in [0.25, 0.3) is 0 Å². The van der Waals surface area contributed by atoms with Crippen molar-refractivity contribution in [2.45, 2.75) is 117 Å². The molecule has 3 saturated heterocycles. The molecule has 0 aromatic rings. The summed E-state index contributed by atoms with van der Waals surface area (Å²) in [4.78, 5) is 11.1. The van der Waals surface area contributed by atoms with Crippen molar-refractivity contribution in [2.24, 2.45) is 0 Å². The minimum atomic E-state index is -2.54. The van der Waals surface area contributed by atoms with Crippen LogP contribution in [0.4, 0.5) is 0 Å². The molecule has 0 spiro atoms. The molecule has 0 amide bonds. The van der Waals surface area contributed by atoms with Crippen LogP contribution in [0.15, 0.2) is 0 Å². The van der Waals surface area contributed by atoms with Gasteiger partial charge >= 0.3 is 5.97 Å². The summed E-state index contributed by atoms with van der Waals surface area (Å²) in [7, 11) is 0. The second-order valence-corrected chi connectivity index (χ2v) is 10.9. The molecule has 3 heterocycles. The first-order valence-corrected chi connectivity index (χ1v) is 14.0. The van der Waals surface area contributed by atoms with E-state index in [1.807, 2.05) is 0 Å². The first kappa shape index (κ1) is 39.1. The predicted octanol–water partition coefficient (Wildman–Crippen LogP) is -10.0. The fourth-order valence-corrected chi connectivity index (χ4v) is 5.14. The Morgan fingerprint density at radius 2 is 1.00 bits per heavy atom. The summed E-state index contributed by atoms with van der Waals surface area (Å²) in [5.41, 5.74) is 0. The Kier molecular flexibility index (Phi) is 14.3. The van der Waals surface area contributed by atoms with Gasteiger partial charge in [-0.25, -0.2) is 4.79 Å². The van der Waals surface area contributed by atoms with E-state index in [0.29, 0.717) is 0 Å². The van der Waals surface area contributed by atoms with E-state index in [-0.39, 0.29) is 0 Å². The molecule has 22 heteroatoms. The summed E-state index contributed by atoms with van der Waals surface area (Å²) in [6.45, 7) is -3.86. The van der Waals surface area contributed by atoms with Crippen molar-refractivity contribution in [3.8, 4) is 0 Å². The monoisotopic (exact) mass is 682 g/mol. The molecule has 0 unspecified atom stereocenters. The summed E-state index contributed by atoms with van der Waals surface area (Å²) < 4.78 is 32.2. The maximum absolute atomic E-state index is 11.1. The average Bonchev–Trinajstić information content (AvgIpc) is 3.04. The predicted molar refractivity (Wildman–Crippen MR) is 137 cm³/mol. The Morgan fingerprint density at radius 1 is 0.587 bits per heavy atom. The van der Waals surface area contributed by atoms with Crippen LogP contribution in [0.5, 0.6) is 0 Å². The van der Waals surface area contributed by atoms with E-state index >= 15 is 0 Å². The van der Waals surface area contributed by atoms with E-state index in [9.17, 15) is 76.3 Å². The highest BCUT2D eigenvalue weighted by molar-refractivity contribution is 5.72. The van der Waals surface area contributed by atoms with E-state index in [1.54, 1.807) is 0 Å². The van der Waals surface area contributed by atoms with E-state index < -0.39 is 149 Å². The van der Waals surface area contributed by atoms with Crippen LogP contribution in [0.3, 0.4) is 0 Å². The second-order valence-electron chi connectivity index (χ2n) is 10.9. The van der Waals surface area contributed by atoms with E-state index in [1.165, 1.54) is 0 Å². The summed E-state index contributed by atoms with van der Waals surface area (Å²) in [5.74, 6) is -1.94. The van der Waals surface area contributed by atoms with Crippen molar-refractivity contribution in [1.82, 2.24) is 0 Å². The molecular formula is C24H42O22.